The van der Waals surface area contributed by atoms with Crippen LogP contribution in [0.15, 0.2) is 36.9 Å². The summed E-state index contributed by atoms with van der Waals surface area (Å²) in [7, 11) is -9.39. The van der Waals surface area contributed by atoms with Crippen molar-refractivity contribution in [2.75, 3.05) is 0 Å². The lowest BCUT2D eigenvalue weighted by Crippen LogP contribution is -2.58. The fourth-order valence-electron chi connectivity index (χ4n) is 2.33. The zero-order valence-electron chi connectivity index (χ0n) is 17.3. The molecule has 0 saturated carbocycles. The number of aromatic nitrogens is 2. The summed E-state index contributed by atoms with van der Waals surface area (Å²) in [6.07, 6.45) is 11.3. The Morgan fingerprint density at radius 3 is 1.13 bits per heavy atom. The van der Waals surface area contributed by atoms with Crippen LogP contribution in [0.1, 0.15) is 35.1 Å². The van der Waals surface area contributed by atoms with Crippen molar-refractivity contribution in [3.63, 3.8) is 0 Å². The number of hydrogen-bond acceptors (Lipinski definition) is 8. The van der Waals surface area contributed by atoms with Crippen LogP contribution >= 0.6 is 0 Å². The minimum absolute atomic E-state index is 1.10. The SMILES string of the molecule is Cc1cc[n+](CCCC[n+]2ccc(C)c(C)c2)cc1C.[O-][Cl+3]([O-])([O-])O.[O-][Cl+3]([O-])([O-])O. The predicted molar refractivity (Wildman–Crippen MR) is 85.9 cm³/mol. The van der Waals surface area contributed by atoms with E-state index in [2.05, 4.69) is 73.7 Å². The summed E-state index contributed by atoms with van der Waals surface area (Å²) in [6, 6.07) is 4.40. The molecule has 0 bridgehead atoms. The maximum Gasteiger partial charge on any atom is 0.171 e. The van der Waals surface area contributed by atoms with Crippen molar-refractivity contribution in [2.24, 2.45) is 0 Å². The fourth-order valence-corrected chi connectivity index (χ4v) is 2.33. The van der Waals surface area contributed by atoms with E-state index in [1.807, 2.05) is 0 Å². The topological polar surface area (TPSA) is 187 Å². The molecular formula is C18H28Cl2N2O8+2. The Bertz CT molecular complexity index is 702. The first-order chi connectivity index (χ1) is 13.6. The van der Waals surface area contributed by atoms with E-state index in [1.54, 1.807) is 0 Å². The molecule has 2 rings (SSSR count). The van der Waals surface area contributed by atoms with Crippen LogP contribution in [0.2, 0.25) is 0 Å². The molecule has 12 heteroatoms. The highest BCUT2D eigenvalue weighted by molar-refractivity contribution is 5.17. The monoisotopic (exact) mass is 470 g/mol. The molecule has 0 aliphatic carbocycles. The molecule has 170 valence electrons. The van der Waals surface area contributed by atoms with Gasteiger partial charge < -0.3 is 0 Å². The van der Waals surface area contributed by atoms with Crippen LogP contribution in [0.4, 0.5) is 0 Å². The van der Waals surface area contributed by atoms with Gasteiger partial charge >= 0.3 is 0 Å². The van der Waals surface area contributed by atoms with E-state index in [0.717, 1.165) is 13.1 Å². The molecule has 0 unspecified atom stereocenters. The zero-order chi connectivity index (χ0) is 23.5. The predicted octanol–water partition coefficient (Wildman–Crippen LogP) is -5.27. The van der Waals surface area contributed by atoms with Gasteiger partial charge in [0, 0.05) is 36.1 Å². The number of rotatable bonds is 5. The number of aryl methyl sites for hydroxylation is 6. The first-order valence-electron chi connectivity index (χ1n) is 8.75. The van der Waals surface area contributed by atoms with Gasteiger partial charge in [-0.15, -0.1) is 0 Å². The first kappa shape index (κ1) is 28.6. The summed E-state index contributed by atoms with van der Waals surface area (Å²) in [5, 5.41) is 0. The molecule has 0 aromatic carbocycles. The van der Waals surface area contributed by atoms with Gasteiger partial charge in [0.2, 0.25) is 0 Å². The van der Waals surface area contributed by atoms with Gasteiger partial charge in [0.05, 0.1) is 29.8 Å². The summed E-state index contributed by atoms with van der Waals surface area (Å²) in [6.45, 7) is 10.9. The minimum atomic E-state index is -4.69. The molecule has 0 radical (unpaired) electrons. The van der Waals surface area contributed by atoms with Gasteiger partial charge in [-0.3, -0.25) is 0 Å². The molecular weight excluding hydrogens is 443 g/mol. The summed E-state index contributed by atoms with van der Waals surface area (Å²) >= 11 is 0. The standard InChI is InChI=1S/C18H26N2.2ClHO4/c1-15-7-11-19(13-17(15)3)9-5-6-10-20-12-8-16(2)18(4)14-20;2*2-1(3,4)5/h7-8,11-14H,5-6,9-10H2,1-4H3;2*(H,2,3,4,5)/q+2;;. The van der Waals surface area contributed by atoms with Crippen molar-refractivity contribution in [1.82, 2.24) is 0 Å². The van der Waals surface area contributed by atoms with E-state index >= 15 is 0 Å². The third-order valence-corrected chi connectivity index (χ3v) is 4.08. The average molecular weight is 471 g/mol. The summed E-state index contributed by atoms with van der Waals surface area (Å²) < 4.78 is 70.0. The van der Waals surface area contributed by atoms with Crippen molar-refractivity contribution < 1.29 is 66.9 Å². The van der Waals surface area contributed by atoms with E-state index in [-0.39, 0.29) is 0 Å². The molecule has 30 heavy (non-hydrogen) atoms. The Balaban J connectivity index is 0.000000702. The molecule has 0 saturated heterocycles. The van der Waals surface area contributed by atoms with E-state index in [0.29, 0.717) is 0 Å². The summed E-state index contributed by atoms with van der Waals surface area (Å²) in [5.41, 5.74) is 5.48. The van der Waals surface area contributed by atoms with Crippen molar-refractivity contribution in [3.8, 4) is 0 Å². The molecule has 2 aromatic heterocycles. The third-order valence-electron chi connectivity index (χ3n) is 4.08. The molecule has 2 aromatic rings. The molecule has 10 nitrogen and oxygen atoms in total. The largest absolute Gasteiger partial charge is 0.205 e. The molecule has 0 fully saturated rings. The van der Waals surface area contributed by atoms with Gasteiger partial charge in [-0.2, -0.15) is 28.0 Å². The Hall–Kier alpha value is -1.44. The highest BCUT2D eigenvalue weighted by atomic mass is 35.7. The van der Waals surface area contributed by atoms with E-state index < -0.39 is 20.5 Å². The molecule has 0 aliphatic rings. The van der Waals surface area contributed by atoms with Gasteiger partial charge in [0.25, 0.3) is 0 Å². The van der Waals surface area contributed by atoms with Crippen LogP contribution in [0, 0.1) is 48.2 Å². The Labute approximate surface area is 180 Å². The lowest BCUT2D eigenvalue weighted by atomic mass is 10.2. The molecule has 0 atom stereocenters. The Morgan fingerprint density at radius 1 is 0.633 bits per heavy atom. The van der Waals surface area contributed by atoms with Crippen LogP contribution in [-0.2, 0) is 13.1 Å². The third kappa shape index (κ3) is 17.4. The normalized spacial score (nSPS) is 11.2. The maximum absolute atomic E-state index is 8.60. The van der Waals surface area contributed by atoms with Gasteiger partial charge in [0.1, 0.15) is 13.1 Å². The second kappa shape index (κ2) is 13.1. The Kier molecular flexibility index (Phi) is 12.4. The zero-order valence-corrected chi connectivity index (χ0v) is 18.8. The van der Waals surface area contributed by atoms with E-state index in [1.165, 1.54) is 35.1 Å². The smallest absolute Gasteiger partial charge is 0.171 e. The maximum atomic E-state index is 8.60. The van der Waals surface area contributed by atoms with Gasteiger partial charge in [0.15, 0.2) is 24.8 Å². The van der Waals surface area contributed by atoms with Crippen molar-refractivity contribution in [1.29, 1.82) is 0 Å². The number of nitrogens with zero attached hydrogens (tertiary/aromatic N) is 2. The second-order valence-corrected chi connectivity index (χ2v) is 8.18. The average Bonchev–Trinajstić information content (AvgIpc) is 2.55. The van der Waals surface area contributed by atoms with Crippen LogP contribution in [0.5, 0.6) is 0 Å². The van der Waals surface area contributed by atoms with Crippen molar-refractivity contribution >= 4 is 0 Å². The molecule has 0 spiro atoms. The van der Waals surface area contributed by atoms with Crippen molar-refractivity contribution in [2.45, 2.75) is 53.6 Å². The molecule has 2 N–H and O–H groups in total. The summed E-state index contributed by atoms with van der Waals surface area (Å²) in [4.78, 5) is 0. The van der Waals surface area contributed by atoms with Crippen LogP contribution < -0.4 is 37.1 Å². The number of hydrogen-bond donors (Lipinski definition) is 2. The highest BCUT2D eigenvalue weighted by Gasteiger charge is 2.06. The highest BCUT2D eigenvalue weighted by Crippen LogP contribution is 2.02. The molecule has 0 aliphatic heterocycles. The fraction of sp³-hybridized carbons (Fsp3) is 0.444. The quantitative estimate of drug-likeness (QED) is 0.320. The number of halogens is 2. The van der Waals surface area contributed by atoms with Crippen molar-refractivity contribution in [3.05, 3.63) is 59.2 Å². The lowest BCUT2D eigenvalue weighted by Gasteiger charge is -2.03. The minimum Gasteiger partial charge on any atom is -0.205 e. The van der Waals surface area contributed by atoms with Gasteiger partial charge in [-0.05, 0) is 38.8 Å². The first-order valence-corrected chi connectivity index (χ1v) is 11.3. The second-order valence-electron chi connectivity index (χ2n) is 6.60. The Morgan fingerprint density at radius 2 is 0.900 bits per heavy atom. The van der Waals surface area contributed by atoms with Crippen LogP contribution in [-0.4, -0.2) is 9.32 Å². The van der Waals surface area contributed by atoms with Gasteiger partial charge in [-0.1, -0.05) is 0 Å². The van der Waals surface area contributed by atoms with Crippen LogP contribution in [0.25, 0.3) is 0 Å². The van der Waals surface area contributed by atoms with Gasteiger partial charge in [-0.25, -0.2) is 9.13 Å². The molecule has 0 amide bonds. The number of unbranched alkanes of at least 4 members (excludes halogenated alkanes) is 1. The summed E-state index contributed by atoms with van der Waals surface area (Å²) in [5.74, 6) is 0. The van der Waals surface area contributed by atoms with E-state index in [9.17, 15) is 0 Å². The van der Waals surface area contributed by atoms with E-state index in [4.69, 9.17) is 37.3 Å². The lowest BCUT2D eigenvalue weighted by molar-refractivity contribution is -1.92. The number of pyridine rings is 2. The van der Waals surface area contributed by atoms with Crippen LogP contribution in [0.3, 0.4) is 0 Å². The molecule has 2 heterocycles.